The van der Waals surface area contributed by atoms with E-state index in [1.54, 1.807) is 0 Å². The number of benzene rings is 1. The Bertz CT molecular complexity index is 615. The summed E-state index contributed by atoms with van der Waals surface area (Å²) in [5, 5.41) is 13.7. The molecule has 0 aliphatic heterocycles. The van der Waals surface area contributed by atoms with Crippen molar-refractivity contribution < 1.29 is 0 Å². The molecule has 0 atom stereocenters. The Morgan fingerprint density at radius 3 is 2.41 bits per heavy atom. The van der Waals surface area contributed by atoms with Crippen molar-refractivity contribution in [1.29, 1.82) is 5.26 Å². The fourth-order valence-electron chi connectivity index (χ4n) is 1.88. The zero-order valence-electron chi connectivity index (χ0n) is 10.6. The SMILES string of the molecule is Cc1ccc(-n2nc(C)c(C)c2C)c(C#N)c1. The van der Waals surface area contributed by atoms with Crippen LogP contribution in [0.3, 0.4) is 0 Å². The average molecular weight is 225 g/mol. The lowest BCUT2D eigenvalue weighted by atomic mass is 10.1. The molecule has 0 N–H and O–H groups in total. The molecule has 0 spiro atoms. The first kappa shape index (κ1) is 11.4. The van der Waals surface area contributed by atoms with Gasteiger partial charge in [0.05, 0.1) is 16.9 Å². The lowest BCUT2D eigenvalue weighted by Crippen LogP contribution is -2.02. The first-order valence-electron chi connectivity index (χ1n) is 5.58. The van der Waals surface area contributed by atoms with Crippen molar-refractivity contribution in [2.75, 3.05) is 0 Å². The second kappa shape index (κ2) is 4.06. The van der Waals surface area contributed by atoms with Gasteiger partial charge in [-0.25, -0.2) is 4.68 Å². The van der Waals surface area contributed by atoms with Crippen LogP contribution in [0, 0.1) is 39.0 Å². The molecule has 17 heavy (non-hydrogen) atoms. The van der Waals surface area contributed by atoms with Crippen molar-refractivity contribution in [2.45, 2.75) is 27.7 Å². The van der Waals surface area contributed by atoms with Gasteiger partial charge in [-0.3, -0.25) is 0 Å². The highest BCUT2D eigenvalue weighted by molar-refractivity contribution is 5.51. The van der Waals surface area contributed by atoms with E-state index in [9.17, 15) is 5.26 Å². The van der Waals surface area contributed by atoms with E-state index in [2.05, 4.69) is 18.1 Å². The molecule has 1 aromatic carbocycles. The minimum atomic E-state index is 0.663. The number of aromatic nitrogens is 2. The van der Waals surface area contributed by atoms with Crippen molar-refractivity contribution >= 4 is 0 Å². The van der Waals surface area contributed by atoms with E-state index in [0.717, 1.165) is 22.6 Å². The van der Waals surface area contributed by atoms with E-state index in [-0.39, 0.29) is 0 Å². The van der Waals surface area contributed by atoms with Crippen LogP contribution >= 0.6 is 0 Å². The summed E-state index contributed by atoms with van der Waals surface area (Å²) in [6, 6.07) is 8.07. The van der Waals surface area contributed by atoms with Crippen LogP contribution in [0.5, 0.6) is 0 Å². The maximum absolute atomic E-state index is 9.18. The molecule has 0 fully saturated rings. The molecule has 1 heterocycles. The molecule has 0 radical (unpaired) electrons. The predicted molar refractivity (Wildman–Crippen MR) is 67.2 cm³/mol. The Balaban J connectivity index is 2.69. The van der Waals surface area contributed by atoms with E-state index in [0.29, 0.717) is 5.56 Å². The normalized spacial score (nSPS) is 10.3. The van der Waals surface area contributed by atoms with E-state index < -0.39 is 0 Å². The molecule has 0 amide bonds. The fraction of sp³-hybridized carbons (Fsp3) is 0.286. The zero-order chi connectivity index (χ0) is 12.6. The highest BCUT2D eigenvalue weighted by atomic mass is 15.3. The molecule has 0 bridgehead atoms. The Labute approximate surface area is 101 Å². The predicted octanol–water partition coefficient (Wildman–Crippen LogP) is 2.98. The number of nitrogens with zero attached hydrogens (tertiary/aromatic N) is 3. The van der Waals surface area contributed by atoms with E-state index in [4.69, 9.17) is 0 Å². The lowest BCUT2D eigenvalue weighted by Gasteiger charge is -2.07. The van der Waals surface area contributed by atoms with Gasteiger partial charge in [-0.1, -0.05) is 6.07 Å². The van der Waals surface area contributed by atoms with Crippen LogP contribution in [-0.2, 0) is 0 Å². The quantitative estimate of drug-likeness (QED) is 0.748. The van der Waals surface area contributed by atoms with Crippen molar-refractivity contribution in [1.82, 2.24) is 9.78 Å². The van der Waals surface area contributed by atoms with Gasteiger partial charge in [0, 0.05) is 5.69 Å². The molecule has 1 aromatic heterocycles. The summed E-state index contributed by atoms with van der Waals surface area (Å²) in [4.78, 5) is 0. The van der Waals surface area contributed by atoms with Gasteiger partial charge in [0.2, 0.25) is 0 Å². The molecular formula is C14H15N3. The van der Waals surface area contributed by atoms with Gasteiger partial charge < -0.3 is 0 Å². The summed E-state index contributed by atoms with van der Waals surface area (Å²) >= 11 is 0. The van der Waals surface area contributed by atoms with E-state index in [1.807, 2.05) is 43.7 Å². The van der Waals surface area contributed by atoms with E-state index >= 15 is 0 Å². The van der Waals surface area contributed by atoms with Gasteiger partial charge in [-0.2, -0.15) is 10.4 Å². The van der Waals surface area contributed by atoms with Crippen molar-refractivity contribution in [3.63, 3.8) is 0 Å². The monoisotopic (exact) mass is 225 g/mol. The van der Waals surface area contributed by atoms with Crippen LogP contribution in [0.2, 0.25) is 0 Å². The largest absolute Gasteiger partial charge is 0.236 e. The van der Waals surface area contributed by atoms with Crippen LogP contribution in [0.25, 0.3) is 5.69 Å². The number of nitriles is 1. The maximum atomic E-state index is 9.18. The number of hydrogen-bond acceptors (Lipinski definition) is 2. The van der Waals surface area contributed by atoms with Gasteiger partial charge in [-0.15, -0.1) is 0 Å². The van der Waals surface area contributed by atoms with Crippen LogP contribution in [-0.4, -0.2) is 9.78 Å². The van der Waals surface area contributed by atoms with Crippen LogP contribution in [0.4, 0.5) is 0 Å². The average Bonchev–Trinajstić information content (AvgIpc) is 2.57. The molecule has 0 aliphatic rings. The first-order chi connectivity index (χ1) is 8.04. The van der Waals surface area contributed by atoms with Gasteiger partial charge in [0.1, 0.15) is 6.07 Å². The highest BCUT2D eigenvalue weighted by Gasteiger charge is 2.12. The Hall–Kier alpha value is -2.08. The molecule has 0 saturated heterocycles. The molecule has 0 aliphatic carbocycles. The second-order valence-electron chi connectivity index (χ2n) is 4.34. The van der Waals surface area contributed by atoms with Crippen molar-refractivity contribution in [3.8, 4) is 11.8 Å². The van der Waals surface area contributed by atoms with Gasteiger partial charge >= 0.3 is 0 Å². The maximum Gasteiger partial charge on any atom is 0.101 e. The molecular weight excluding hydrogens is 210 g/mol. The smallest absolute Gasteiger partial charge is 0.101 e. The third-order valence-corrected chi connectivity index (χ3v) is 3.15. The number of hydrogen-bond donors (Lipinski definition) is 0. The Morgan fingerprint density at radius 1 is 1.18 bits per heavy atom. The Kier molecular flexibility index (Phi) is 2.72. The summed E-state index contributed by atoms with van der Waals surface area (Å²) in [5.74, 6) is 0. The summed E-state index contributed by atoms with van der Waals surface area (Å²) in [6.07, 6.45) is 0. The molecule has 86 valence electrons. The first-order valence-corrected chi connectivity index (χ1v) is 5.58. The summed E-state index contributed by atoms with van der Waals surface area (Å²) in [6.45, 7) is 8.04. The van der Waals surface area contributed by atoms with Gasteiger partial charge in [0.15, 0.2) is 0 Å². The summed E-state index contributed by atoms with van der Waals surface area (Å²) < 4.78 is 1.85. The summed E-state index contributed by atoms with van der Waals surface area (Å²) in [7, 11) is 0. The lowest BCUT2D eigenvalue weighted by molar-refractivity contribution is 0.830. The second-order valence-corrected chi connectivity index (χ2v) is 4.34. The number of aryl methyl sites for hydroxylation is 2. The molecule has 3 heteroatoms. The fourth-order valence-corrected chi connectivity index (χ4v) is 1.88. The molecule has 2 aromatic rings. The van der Waals surface area contributed by atoms with Crippen LogP contribution in [0.1, 0.15) is 28.1 Å². The zero-order valence-corrected chi connectivity index (χ0v) is 10.6. The van der Waals surface area contributed by atoms with Crippen molar-refractivity contribution in [3.05, 3.63) is 46.3 Å². The van der Waals surface area contributed by atoms with Crippen LogP contribution in [0.15, 0.2) is 18.2 Å². The van der Waals surface area contributed by atoms with Gasteiger partial charge in [-0.05, 0) is 51.0 Å². The van der Waals surface area contributed by atoms with Gasteiger partial charge in [0.25, 0.3) is 0 Å². The van der Waals surface area contributed by atoms with Crippen molar-refractivity contribution in [2.24, 2.45) is 0 Å². The third-order valence-electron chi connectivity index (χ3n) is 3.15. The highest BCUT2D eigenvalue weighted by Crippen LogP contribution is 2.20. The Morgan fingerprint density at radius 2 is 1.88 bits per heavy atom. The van der Waals surface area contributed by atoms with E-state index in [1.165, 1.54) is 5.56 Å². The molecule has 2 rings (SSSR count). The molecule has 0 saturated carbocycles. The molecule has 0 unspecified atom stereocenters. The van der Waals surface area contributed by atoms with Crippen LogP contribution < -0.4 is 0 Å². The molecule has 3 nitrogen and oxygen atoms in total. The number of rotatable bonds is 1. The minimum absolute atomic E-state index is 0.663. The third kappa shape index (κ3) is 1.83. The topological polar surface area (TPSA) is 41.6 Å². The minimum Gasteiger partial charge on any atom is -0.236 e. The standard InChI is InChI=1S/C14H15N3/c1-9-5-6-14(13(7-9)8-15)17-12(4)10(2)11(3)16-17/h5-7H,1-4H3. The summed E-state index contributed by atoms with van der Waals surface area (Å²) in [5.41, 5.74) is 5.87.